The van der Waals surface area contributed by atoms with E-state index in [1.807, 2.05) is 0 Å². The lowest BCUT2D eigenvalue weighted by atomic mass is 9.64. The zero-order valence-electron chi connectivity index (χ0n) is 10.1. The summed E-state index contributed by atoms with van der Waals surface area (Å²) in [6.07, 6.45) is 13.7. The Morgan fingerprint density at radius 1 is 1.07 bits per heavy atom. The van der Waals surface area contributed by atoms with E-state index in [0.717, 1.165) is 17.3 Å². The van der Waals surface area contributed by atoms with Crippen molar-refractivity contribution >= 4 is 22.6 Å². The van der Waals surface area contributed by atoms with Gasteiger partial charge in [-0.15, -0.1) is 0 Å². The van der Waals surface area contributed by atoms with Gasteiger partial charge in [-0.2, -0.15) is 0 Å². The molecule has 0 radical (unpaired) electrons. The summed E-state index contributed by atoms with van der Waals surface area (Å²) in [6, 6.07) is 0. The van der Waals surface area contributed by atoms with Crippen LogP contribution in [0.4, 0.5) is 0 Å². The molecule has 0 spiro atoms. The fourth-order valence-corrected chi connectivity index (χ4v) is 4.97. The topological polar surface area (TPSA) is 0 Å². The first-order valence-electron chi connectivity index (χ1n) is 6.84. The van der Waals surface area contributed by atoms with Crippen molar-refractivity contribution in [1.82, 2.24) is 0 Å². The molecule has 0 saturated heterocycles. The van der Waals surface area contributed by atoms with Crippen LogP contribution in [-0.4, -0.2) is 4.43 Å². The van der Waals surface area contributed by atoms with Crippen molar-refractivity contribution in [3.63, 3.8) is 0 Å². The molecule has 2 bridgehead atoms. The minimum Gasteiger partial charge on any atom is -0.0858 e. The standard InChI is InChI=1S/C14H25I/c1-2-8-14(11-15)9-7-12-3-5-13(10-14)6-4-12/h12-13H,2-11H2,1H3. The molecule has 0 aromatic rings. The molecular weight excluding hydrogens is 295 g/mol. The molecule has 0 N–H and O–H groups in total. The smallest absolute Gasteiger partial charge is 0.00521 e. The summed E-state index contributed by atoms with van der Waals surface area (Å²) in [5.41, 5.74) is 0.735. The van der Waals surface area contributed by atoms with E-state index in [1.165, 1.54) is 30.1 Å². The van der Waals surface area contributed by atoms with Gasteiger partial charge in [-0.05, 0) is 42.9 Å². The van der Waals surface area contributed by atoms with Crippen molar-refractivity contribution < 1.29 is 0 Å². The molecule has 0 aliphatic heterocycles. The van der Waals surface area contributed by atoms with Crippen LogP contribution in [0.25, 0.3) is 0 Å². The molecule has 1 heteroatoms. The third-order valence-corrected chi connectivity index (χ3v) is 6.45. The van der Waals surface area contributed by atoms with Crippen LogP contribution in [0.15, 0.2) is 0 Å². The summed E-state index contributed by atoms with van der Waals surface area (Å²) in [5, 5.41) is 0. The molecular formula is C14H25I. The number of hydrogen-bond donors (Lipinski definition) is 0. The maximum atomic E-state index is 2.65. The first-order chi connectivity index (χ1) is 7.28. The summed E-state index contributed by atoms with van der Waals surface area (Å²) in [7, 11) is 0. The summed E-state index contributed by atoms with van der Waals surface area (Å²) in [6.45, 7) is 2.37. The largest absolute Gasteiger partial charge is 0.0858 e. The van der Waals surface area contributed by atoms with E-state index in [2.05, 4.69) is 29.5 Å². The molecule has 3 rings (SSSR count). The van der Waals surface area contributed by atoms with Crippen LogP contribution in [0.1, 0.15) is 64.7 Å². The van der Waals surface area contributed by atoms with Gasteiger partial charge < -0.3 is 0 Å². The maximum Gasteiger partial charge on any atom is 0.00521 e. The highest BCUT2D eigenvalue weighted by Gasteiger charge is 2.36. The number of hydrogen-bond acceptors (Lipinski definition) is 0. The fourth-order valence-electron chi connectivity index (χ4n) is 3.89. The minimum absolute atomic E-state index is 0.735. The van der Waals surface area contributed by atoms with Crippen LogP contribution in [0.3, 0.4) is 0 Å². The van der Waals surface area contributed by atoms with Crippen molar-refractivity contribution in [2.45, 2.75) is 64.7 Å². The highest BCUT2D eigenvalue weighted by atomic mass is 127. The van der Waals surface area contributed by atoms with Crippen molar-refractivity contribution in [2.24, 2.45) is 17.3 Å². The average molecular weight is 320 g/mol. The van der Waals surface area contributed by atoms with Gasteiger partial charge in [-0.3, -0.25) is 0 Å². The number of halogens is 1. The van der Waals surface area contributed by atoms with Crippen molar-refractivity contribution in [3.05, 3.63) is 0 Å². The van der Waals surface area contributed by atoms with Crippen LogP contribution in [0.2, 0.25) is 0 Å². The van der Waals surface area contributed by atoms with E-state index in [0.29, 0.717) is 0 Å². The number of alkyl halides is 1. The molecule has 0 nitrogen and oxygen atoms in total. The van der Waals surface area contributed by atoms with Crippen molar-refractivity contribution in [1.29, 1.82) is 0 Å². The minimum atomic E-state index is 0.735. The van der Waals surface area contributed by atoms with Crippen LogP contribution >= 0.6 is 22.6 Å². The second kappa shape index (κ2) is 5.37. The molecule has 0 aromatic carbocycles. The van der Waals surface area contributed by atoms with Gasteiger partial charge in [0.2, 0.25) is 0 Å². The Labute approximate surface area is 109 Å². The van der Waals surface area contributed by atoms with Crippen LogP contribution in [0.5, 0.6) is 0 Å². The highest BCUT2D eigenvalue weighted by molar-refractivity contribution is 14.1. The van der Waals surface area contributed by atoms with Gasteiger partial charge in [0.1, 0.15) is 0 Å². The molecule has 15 heavy (non-hydrogen) atoms. The Morgan fingerprint density at radius 3 is 2.33 bits per heavy atom. The molecule has 3 saturated carbocycles. The molecule has 88 valence electrons. The Bertz CT molecular complexity index is 194. The van der Waals surface area contributed by atoms with E-state index >= 15 is 0 Å². The Balaban J connectivity index is 2.05. The fraction of sp³-hybridized carbons (Fsp3) is 1.00. The zero-order valence-corrected chi connectivity index (χ0v) is 12.3. The molecule has 0 amide bonds. The maximum absolute atomic E-state index is 2.65. The molecule has 0 heterocycles. The van der Waals surface area contributed by atoms with E-state index < -0.39 is 0 Å². The lowest BCUT2D eigenvalue weighted by molar-refractivity contribution is 0.113. The zero-order chi connectivity index (χ0) is 10.7. The third-order valence-electron chi connectivity index (χ3n) is 4.83. The van der Waals surface area contributed by atoms with Crippen LogP contribution in [-0.2, 0) is 0 Å². The van der Waals surface area contributed by atoms with Crippen molar-refractivity contribution in [2.75, 3.05) is 4.43 Å². The van der Waals surface area contributed by atoms with E-state index in [9.17, 15) is 0 Å². The molecule has 3 fully saturated rings. The Hall–Kier alpha value is 0.730. The second-order valence-electron chi connectivity index (χ2n) is 6.01. The predicted octanol–water partition coefficient (Wildman–Crippen LogP) is 5.20. The SMILES string of the molecule is CCCC1(CI)CCC2CCC(CC2)C1. The van der Waals surface area contributed by atoms with Gasteiger partial charge in [-0.1, -0.05) is 61.6 Å². The summed E-state index contributed by atoms with van der Waals surface area (Å²) < 4.78 is 1.40. The van der Waals surface area contributed by atoms with Gasteiger partial charge in [-0.25, -0.2) is 0 Å². The predicted molar refractivity (Wildman–Crippen MR) is 75.5 cm³/mol. The molecule has 3 aliphatic rings. The van der Waals surface area contributed by atoms with Gasteiger partial charge in [0, 0.05) is 4.43 Å². The third kappa shape index (κ3) is 2.89. The second-order valence-corrected chi connectivity index (χ2v) is 6.78. The van der Waals surface area contributed by atoms with E-state index in [4.69, 9.17) is 0 Å². The van der Waals surface area contributed by atoms with E-state index in [-0.39, 0.29) is 0 Å². The average Bonchev–Trinajstić information content (AvgIpc) is 2.24. The first-order valence-corrected chi connectivity index (χ1v) is 8.36. The Morgan fingerprint density at radius 2 is 1.73 bits per heavy atom. The monoisotopic (exact) mass is 320 g/mol. The Kier molecular flexibility index (Phi) is 4.37. The first kappa shape index (κ1) is 12.2. The van der Waals surface area contributed by atoms with Gasteiger partial charge in [0.25, 0.3) is 0 Å². The van der Waals surface area contributed by atoms with Crippen molar-refractivity contribution in [3.8, 4) is 0 Å². The molecule has 3 aliphatic carbocycles. The number of fused-ring (bicyclic) bond motifs is 5. The summed E-state index contributed by atoms with van der Waals surface area (Å²) >= 11 is 2.65. The summed E-state index contributed by atoms with van der Waals surface area (Å²) in [4.78, 5) is 0. The quantitative estimate of drug-likeness (QED) is 0.495. The summed E-state index contributed by atoms with van der Waals surface area (Å²) in [5.74, 6) is 2.18. The van der Waals surface area contributed by atoms with Gasteiger partial charge in [0.05, 0.1) is 0 Å². The molecule has 0 aromatic heterocycles. The van der Waals surface area contributed by atoms with E-state index in [1.54, 1.807) is 32.1 Å². The molecule has 1 unspecified atom stereocenters. The number of rotatable bonds is 3. The lowest BCUT2D eigenvalue weighted by Crippen LogP contribution is -2.32. The lowest BCUT2D eigenvalue weighted by Gasteiger charge is -2.42. The highest BCUT2D eigenvalue weighted by Crippen LogP contribution is 2.48. The van der Waals surface area contributed by atoms with Crippen LogP contribution in [0, 0.1) is 17.3 Å². The van der Waals surface area contributed by atoms with Gasteiger partial charge in [0.15, 0.2) is 0 Å². The molecule has 1 atom stereocenters. The normalized spacial score (nSPS) is 41.2. The van der Waals surface area contributed by atoms with Gasteiger partial charge >= 0.3 is 0 Å². The van der Waals surface area contributed by atoms with Crippen LogP contribution < -0.4 is 0 Å².